The molecule has 0 aromatic heterocycles. The van der Waals surface area contributed by atoms with Crippen LogP contribution in [0.15, 0.2) is 97.1 Å². The summed E-state index contributed by atoms with van der Waals surface area (Å²) in [4.78, 5) is 133. The standard InChI is InChI=1S/C67H88N6O15/c1-43-26-27-45(38-56(43)84-12)29-31-55-49-22-19-23-50(39-49)85-41-57(74)71(9)44(2)60(77)69-52(37-46-28-30-47-20-13-14-21-48(47)36-46)63(80)72(10)54(40-87-66(3,4)5)61(78)68-51(32-35-83-11)62(79)70(8)33-17-16-25-58(75)86-42-67(6,7)59(76)64(81)73-34-18-15-24-53(73)65(82)88-55/h13-14,16,19-23,25-28,30,36,38-39,44,51-55H,15,17-18,24,29,31-35,37,40-42H2,1-12H3,(H,68,78)(H,69,77)/t44-,51-,52-,53-,54-,55+/m0/s1. The predicted octanol–water partition coefficient (Wildman–Crippen LogP) is 6.43. The van der Waals surface area contributed by atoms with Crippen LogP contribution in [0.3, 0.4) is 0 Å². The van der Waals surface area contributed by atoms with Crippen molar-refractivity contribution in [1.82, 2.24) is 30.2 Å². The first-order valence-corrected chi connectivity index (χ1v) is 30.0. The number of nitrogens with one attached hydrogen (secondary N) is 2. The molecular weight excluding hydrogens is 1130 g/mol. The second-order valence-electron chi connectivity index (χ2n) is 24.3. The highest BCUT2D eigenvalue weighted by molar-refractivity contribution is 6.38. The van der Waals surface area contributed by atoms with Crippen LogP contribution in [0.2, 0.25) is 0 Å². The van der Waals surface area contributed by atoms with E-state index in [0.29, 0.717) is 36.1 Å². The molecule has 2 N–H and O–H groups in total. The van der Waals surface area contributed by atoms with E-state index >= 15 is 4.79 Å². The van der Waals surface area contributed by atoms with Gasteiger partial charge in [0.2, 0.25) is 29.4 Å². The van der Waals surface area contributed by atoms with Crippen molar-refractivity contribution in [2.75, 3.05) is 74.9 Å². The summed E-state index contributed by atoms with van der Waals surface area (Å²) in [5.74, 6) is -5.54. The number of amides is 6. The Hall–Kier alpha value is -8.17. The maximum atomic E-state index is 15.1. The van der Waals surface area contributed by atoms with Gasteiger partial charge < -0.3 is 58.7 Å². The first kappa shape index (κ1) is 68.9. The molecule has 6 rings (SSSR count). The fourth-order valence-corrected chi connectivity index (χ4v) is 10.2. The fourth-order valence-electron chi connectivity index (χ4n) is 10.2. The van der Waals surface area contributed by atoms with Crippen molar-refractivity contribution in [2.24, 2.45) is 5.41 Å². The van der Waals surface area contributed by atoms with Gasteiger partial charge in [0.25, 0.3) is 11.8 Å². The van der Waals surface area contributed by atoms with Crippen LogP contribution in [-0.4, -0.2) is 183 Å². The number of carbonyl (C=O) groups excluding carboxylic acids is 9. The van der Waals surface area contributed by atoms with Crippen LogP contribution in [0.4, 0.5) is 0 Å². The smallest absolute Gasteiger partial charge is 0.330 e. The van der Waals surface area contributed by atoms with Crippen molar-refractivity contribution in [2.45, 2.75) is 142 Å². The van der Waals surface area contributed by atoms with Gasteiger partial charge in [-0.2, -0.15) is 0 Å². The molecule has 6 amide bonds. The number of Topliss-reactive ketones (excluding diaryl/α,β-unsaturated/α-hetero) is 1. The van der Waals surface area contributed by atoms with Gasteiger partial charge in [0.05, 0.1) is 24.7 Å². The van der Waals surface area contributed by atoms with E-state index < -0.39 is 114 Å². The zero-order chi connectivity index (χ0) is 64.5. The lowest BCUT2D eigenvalue weighted by molar-refractivity contribution is -0.165. The molecule has 88 heavy (non-hydrogen) atoms. The minimum atomic E-state index is -1.50. The highest BCUT2D eigenvalue weighted by Crippen LogP contribution is 2.32. The molecular formula is C67H88N6O15. The summed E-state index contributed by atoms with van der Waals surface area (Å²) in [7, 11) is 7.42. The number of fused-ring (bicyclic) bond motifs is 4. The second kappa shape index (κ2) is 31.7. The molecule has 2 bridgehead atoms. The zero-order valence-corrected chi connectivity index (χ0v) is 53.0. The number of aryl methyl sites for hydroxylation is 2. The minimum Gasteiger partial charge on any atom is -0.496 e. The number of hydrogen-bond donors (Lipinski definition) is 2. The van der Waals surface area contributed by atoms with E-state index in [2.05, 4.69) is 10.6 Å². The molecule has 2 aliphatic rings. The Morgan fingerprint density at radius 1 is 0.739 bits per heavy atom. The van der Waals surface area contributed by atoms with Crippen molar-refractivity contribution in [1.29, 1.82) is 0 Å². The summed E-state index contributed by atoms with van der Waals surface area (Å²) in [6.45, 7) is 10.7. The molecule has 1 saturated heterocycles. The molecule has 0 aliphatic carbocycles. The SMILES string of the molecule is COCC[C@@H]1NC(=O)[C@H](COC(C)(C)C)N(C)C(=O)[C@H](Cc2ccc3ccccc3c2)NC(=O)[C@H](C)N(C)C(=O)COc2cccc(c2)[C@@H](CCc2ccc(C)c(OC)c2)OC(=O)[C@@H]2CCCCN2C(=O)C(=O)C(C)(C)COC(=O)C=CCCN(C)C1=O. The number of piperidine rings is 1. The van der Waals surface area contributed by atoms with Gasteiger partial charge in [-0.25, -0.2) is 9.59 Å². The molecule has 21 nitrogen and oxygen atoms in total. The molecule has 1 fully saturated rings. The van der Waals surface area contributed by atoms with Crippen LogP contribution in [0.25, 0.3) is 10.8 Å². The van der Waals surface area contributed by atoms with Gasteiger partial charge in [-0.3, -0.25) is 33.6 Å². The van der Waals surface area contributed by atoms with Crippen molar-refractivity contribution < 1.29 is 71.6 Å². The van der Waals surface area contributed by atoms with E-state index in [0.717, 1.165) is 28.0 Å². The van der Waals surface area contributed by atoms with Crippen LogP contribution < -0.4 is 20.1 Å². The number of methoxy groups -OCH3 is 2. The lowest BCUT2D eigenvalue weighted by Crippen LogP contribution is -2.60. The Morgan fingerprint density at radius 3 is 2.17 bits per heavy atom. The molecule has 6 atom stereocenters. The summed E-state index contributed by atoms with van der Waals surface area (Å²) >= 11 is 0. The Bertz CT molecular complexity index is 3170. The summed E-state index contributed by atoms with van der Waals surface area (Å²) in [6.07, 6.45) is 3.96. The largest absolute Gasteiger partial charge is 0.496 e. The van der Waals surface area contributed by atoms with Gasteiger partial charge in [0.15, 0.2) is 6.61 Å². The van der Waals surface area contributed by atoms with E-state index in [1.807, 2.05) is 67.6 Å². The summed E-state index contributed by atoms with van der Waals surface area (Å²) in [5, 5.41) is 7.56. The Balaban J connectivity index is 1.34. The van der Waals surface area contributed by atoms with Crippen LogP contribution in [0, 0.1) is 12.3 Å². The summed E-state index contributed by atoms with van der Waals surface area (Å²) < 4.78 is 35.0. The van der Waals surface area contributed by atoms with E-state index in [4.69, 9.17) is 28.4 Å². The molecule has 0 radical (unpaired) electrons. The monoisotopic (exact) mass is 1220 g/mol. The quantitative estimate of drug-likeness (QED) is 0.121. The van der Waals surface area contributed by atoms with Gasteiger partial charge in [0.1, 0.15) is 54.4 Å². The normalized spacial score (nSPS) is 22.5. The topological polar surface area (TPSA) is 246 Å². The average molecular weight is 1220 g/mol. The van der Waals surface area contributed by atoms with Crippen molar-refractivity contribution in [3.8, 4) is 11.5 Å². The predicted molar refractivity (Wildman–Crippen MR) is 330 cm³/mol. The summed E-state index contributed by atoms with van der Waals surface area (Å²) in [6, 6.07) is 19.8. The zero-order valence-electron chi connectivity index (χ0n) is 53.0. The van der Waals surface area contributed by atoms with Gasteiger partial charge in [0, 0.05) is 60.4 Å². The number of likely N-dealkylation sites (N-methyl/N-ethyl adjacent to an activating group) is 3. The van der Waals surface area contributed by atoms with E-state index in [9.17, 15) is 38.4 Å². The Morgan fingerprint density at radius 2 is 1.45 bits per heavy atom. The van der Waals surface area contributed by atoms with E-state index in [-0.39, 0.29) is 64.2 Å². The molecule has 0 spiro atoms. The van der Waals surface area contributed by atoms with Crippen LogP contribution in [0.1, 0.15) is 108 Å². The summed E-state index contributed by atoms with van der Waals surface area (Å²) in [5.41, 5.74) is 0.756. The lowest BCUT2D eigenvalue weighted by Gasteiger charge is -2.36. The first-order chi connectivity index (χ1) is 41.7. The van der Waals surface area contributed by atoms with Crippen molar-refractivity contribution >= 4 is 63.9 Å². The molecule has 2 heterocycles. The number of ether oxygens (including phenoxy) is 6. The lowest BCUT2D eigenvalue weighted by atomic mass is 9.87. The first-order valence-electron chi connectivity index (χ1n) is 30.0. The van der Waals surface area contributed by atoms with Gasteiger partial charge in [-0.15, -0.1) is 0 Å². The Kier molecular flexibility index (Phi) is 24.8. The van der Waals surface area contributed by atoms with E-state index in [1.165, 1.54) is 74.7 Å². The van der Waals surface area contributed by atoms with Crippen LogP contribution >= 0.6 is 0 Å². The number of benzene rings is 4. The number of carbonyl (C=O) groups is 9. The van der Waals surface area contributed by atoms with Crippen LogP contribution in [-0.2, 0) is 74.9 Å². The molecule has 21 heteroatoms. The minimum absolute atomic E-state index is 0.0197. The van der Waals surface area contributed by atoms with Crippen molar-refractivity contribution in [3.63, 3.8) is 0 Å². The number of nitrogens with zero attached hydrogens (tertiary/aromatic N) is 4. The molecule has 2 aliphatic heterocycles. The molecule has 476 valence electrons. The average Bonchev–Trinajstić information content (AvgIpc) is 1.83. The molecule has 0 unspecified atom stereocenters. The van der Waals surface area contributed by atoms with Gasteiger partial charge >= 0.3 is 11.9 Å². The van der Waals surface area contributed by atoms with Crippen LogP contribution in [0.5, 0.6) is 11.5 Å². The third-order valence-electron chi connectivity index (χ3n) is 15.9. The number of rotatable bonds is 11. The highest BCUT2D eigenvalue weighted by Gasteiger charge is 2.43. The number of hydrogen-bond acceptors (Lipinski definition) is 15. The maximum absolute atomic E-state index is 15.1. The molecule has 4 aromatic carbocycles. The number of cyclic esters (lactones) is 2. The van der Waals surface area contributed by atoms with Crippen molar-refractivity contribution in [3.05, 3.63) is 119 Å². The molecule has 0 saturated carbocycles. The highest BCUT2D eigenvalue weighted by atomic mass is 16.5. The van der Waals surface area contributed by atoms with Gasteiger partial charge in [-0.1, -0.05) is 72.8 Å². The number of esters is 2. The Labute approximate surface area is 516 Å². The molecule has 4 aromatic rings. The van der Waals surface area contributed by atoms with Gasteiger partial charge in [-0.05, 0) is 145 Å². The van der Waals surface area contributed by atoms with E-state index in [1.54, 1.807) is 52.1 Å². The third kappa shape index (κ3) is 19.2. The third-order valence-corrected chi connectivity index (χ3v) is 15.9. The number of ketones is 1. The maximum Gasteiger partial charge on any atom is 0.330 e. The fraction of sp³-hybridized carbons (Fsp3) is 0.507. The second-order valence-corrected chi connectivity index (χ2v) is 24.3.